The van der Waals surface area contributed by atoms with Crippen molar-refractivity contribution in [1.82, 2.24) is 4.98 Å². The monoisotopic (exact) mass is 316 g/mol. The minimum atomic E-state index is -0.626. The van der Waals surface area contributed by atoms with Crippen LogP contribution in [0.25, 0.3) is 0 Å². The Morgan fingerprint density at radius 1 is 1.43 bits per heavy atom. The first kappa shape index (κ1) is 16.4. The molecule has 1 unspecified atom stereocenters. The van der Waals surface area contributed by atoms with Crippen molar-refractivity contribution in [1.29, 1.82) is 5.41 Å². The van der Waals surface area contributed by atoms with E-state index in [1.807, 2.05) is 18.2 Å². The normalized spacial score (nSPS) is 11.6. The number of hydrogen-bond donors (Lipinski definition) is 3. The van der Waals surface area contributed by atoms with Gasteiger partial charge in [0.15, 0.2) is 0 Å². The van der Waals surface area contributed by atoms with Crippen LogP contribution in [0.3, 0.4) is 0 Å². The van der Waals surface area contributed by atoms with E-state index >= 15 is 0 Å². The Kier molecular flexibility index (Phi) is 5.24. The van der Waals surface area contributed by atoms with Crippen molar-refractivity contribution in [3.63, 3.8) is 0 Å². The number of hydrogen-bond acceptors (Lipinski definition) is 4. The Morgan fingerprint density at radius 2 is 2.13 bits per heavy atom. The second-order valence-corrected chi connectivity index (χ2v) is 4.98. The SMILES string of the molecule is CC(COc1ccccc1)C(=O)Nc1cc(F)cnc1C(=N)N. The molecule has 2 rings (SSSR count). The number of nitrogens with one attached hydrogen (secondary N) is 2. The fraction of sp³-hybridized carbons (Fsp3) is 0.188. The fourth-order valence-electron chi connectivity index (χ4n) is 1.82. The maximum atomic E-state index is 13.3. The van der Waals surface area contributed by atoms with E-state index in [0.717, 1.165) is 12.3 Å². The van der Waals surface area contributed by atoms with Crippen LogP contribution in [-0.4, -0.2) is 23.3 Å². The minimum absolute atomic E-state index is 0.0240. The summed E-state index contributed by atoms with van der Waals surface area (Å²) in [5.41, 5.74) is 5.46. The summed E-state index contributed by atoms with van der Waals surface area (Å²) in [4.78, 5) is 15.9. The van der Waals surface area contributed by atoms with Crippen molar-refractivity contribution >= 4 is 17.4 Å². The number of nitrogens with zero attached hydrogens (tertiary/aromatic N) is 1. The van der Waals surface area contributed by atoms with Crippen molar-refractivity contribution in [3.8, 4) is 5.75 Å². The highest BCUT2D eigenvalue weighted by atomic mass is 19.1. The Morgan fingerprint density at radius 3 is 2.78 bits per heavy atom. The molecule has 2 aromatic rings. The zero-order valence-electron chi connectivity index (χ0n) is 12.5. The van der Waals surface area contributed by atoms with Crippen molar-refractivity contribution in [2.75, 3.05) is 11.9 Å². The quantitative estimate of drug-likeness (QED) is 0.561. The van der Waals surface area contributed by atoms with E-state index < -0.39 is 11.7 Å². The van der Waals surface area contributed by atoms with Crippen LogP contribution in [0.1, 0.15) is 12.6 Å². The number of amidine groups is 1. The van der Waals surface area contributed by atoms with Gasteiger partial charge in [-0.15, -0.1) is 0 Å². The lowest BCUT2D eigenvalue weighted by Gasteiger charge is -2.15. The van der Waals surface area contributed by atoms with E-state index in [2.05, 4.69) is 10.3 Å². The number of carbonyl (C=O) groups is 1. The Bertz CT molecular complexity index is 706. The molecule has 0 bridgehead atoms. The average molecular weight is 316 g/mol. The number of halogens is 1. The van der Waals surface area contributed by atoms with Crippen LogP contribution < -0.4 is 15.8 Å². The number of pyridine rings is 1. The van der Waals surface area contributed by atoms with E-state index in [1.165, 1.54) is 0 Å². The van der Waals surface area contributed by atoms with Gasteiger partial charge in [0.2, 0.25) is 5.91 Å². The largest absolute Gasteiger partial charge is 0.493 e. The lowest BCUT2D eigenvalue weighted by molar-refractivity contribution is -0.120. The van der Waals surface area contributed by atoms with Crippen molar-refractivity contribution in [3.05, 3.63) is 54.1 Å². The van der Waals surface area contributed by atoms with E-state index in [1.54, 1.807) is 19.1 Å². The van der Waals surface area contributed by atoms with Gasteiger partial charge in [-0.1, -0.05) is 25.1 Å². The molecule has 4 N–H and O–H groups in total. The standard InChI is InChI=1S/C16H17FN4O2/c1-10(9-23-12-5-3-2-4-6-12)16(22)21-13-7-11(17)8-20-14(13)15(18)19/h2-8,10H,9H2,1H3,(H3,18,19)(H,21,22). The number of para-hydroxylation sites is 1. The van der Waals surface area contributed by atoms with E-state index in [9.17, 15) is 9.18 Å². The molecule has 0 spiro atoms. The lowest BCUT2D eigenvalue weighted by atomic mass is 10.1. The van der Waals surface area contributed by atoms with Gasteiger partial charge in [0.05, 0.1) is 24.4 Å². The molecular weight excluding hydrogens is 299 g/mol. The van der Waals surface area contributed by atoms with Crippen molar-refractivity contribution in [2.24, 2.45) is 11.7 Å². The molecule has 0 saturated heterocycles. The minimum Gasteiger partial charge on any atom is -0.493 e. The first-order chi connectivity index (χ1) is 11.0. The number of nitrogens with two attached hydrogens (primary N) is 1. The summed E-state index contributed by atoms with van der Waals surface area (Å²) in [5, 5.41) is 9.94. The topological polar surface area (TPSA) is 101 Å². The molecular formula is C16H17FN4O2. The van der Waals surface area contributed by atoms with Crippen molar-refractivity contribution < 1.29 is 13.9 Å². The third-order valence-corrected chi connectivity index (χ3v) is 3.06. The first-order valence-electron chi connectivity index (χ1n) is 6.96. The number of ether oxygens (including phenoxy) is 1. The summed E-state index contributed by atoms with van der Waals surface area (Å²) in [6.45, 7) is 1.84. The van der Waals surface area contributed by atoms with Gasteiger partial charge in [-0.05, 0) is 12.1 Å². The molecule has 1 heterocycles. The van der Waals surface area contributed by atoms with Gasteiger partial charge in [-0.2, -0.15) is 0 Å². The average Bonchev–Trinajstić information content (AvgIpc) is 2.53. The third kappa shape index (κ3) is 4.50. The molecule has 1 amide bonds. The Labute approximate surface area is 133 Å². The molecule has 1 aromatic heterocycles. The second-order valence-electron chi connectivity index (χ2n) is 4.98. The molecule has 7 heteroatoms. The maximum absolute atomic E-state index is 13.3. The van der Waals surface area contributed by atoms with E-state index in [0.29, 0.717) is 5.75 Å². The van der Waals surface area contributed by atoms with Crippen LogP contribution in [0.4, 0.5) is 10.1 Å². The van der Waals surface area contributed by atoms with Crippen LogP contribution in [-0.2, 0) is 4.79 Å². The van der Waals surface area contributed by atoms with Gasteiger partial charge in [0.25, 0.3) is 0 Å². The molecule has 23 heavy (non-hydrogen) atoms. The molecule has 0 aliphatic heterocycles. The third-order valence-electron chi connectivity index (χ3n) is 3.06. The Balaban J connectivity index is 2.01. The van der Waals surface area contributed by atoms with Gasteiger partial charge in [0.1, 0.15) is 23.1 Å². The zero-order chi connectivity index (χ0) is 16.8. The van der Waals surface area contributed by atoms with Crippen LogP contribution in [0.15, 0.2) is 42.6 Å². The van der Waals surface area contributed by atoms with Gasteiger partial charge in [0, 0.05) is 6.07 Å². The number of amides is 1. The van der Waals surface area contributed by atoms with Gasteiger partial charge < -0.3 is 15.8 Å². The summed E-state index contributed by atoms with van der Waals surface area (Å²) < 4.78 is 18.8. The van der Waals surface area contributed by atoms with E-state index in [4.69, 9.17) is 15.9 Å². The van der Waals surface area contributed by atoms with Gasteiger partial charge in [-0.3, -0.25) is 10.2 Å². The molecule has 0 saturated carbocycles. The predicted octanol–water partition coefficient (Wildman–Crippen LogP) is 2.16. The predicted molar refractivity (Wildman–Crippen MR) is 84.9 cm³/mol. The van der Waals surface area contributed by atoms with Crippen LogP contribution in [0.2, 0.25) is 0 Å². The molecule has 120 valence electrons. The molecule has 0 aliphatic carbocycles. The molecule has 1 aromatic carbocycles. The van der Waals surface area contributed by atoms with E-state index in [-0.39, 0.29) is 29.7 Å². The molecule has 0 radical (unpaired) electrons. The highest BCUT2D eigenvalue weighted by Gasteiger charge is 2.17. The number of anilines is 1. The fourth-order valence-corrected chi connectivity index (χ4v) is 1.82. The van der Waals surface area contributed by atoms with Gasteiger partial charge >= 0.3 is 0 Å². The lowest BCUT2D eigenvalue weighted by Crippen LogP contribution is -2.27. The van der Waals surface area contributed by atoms with Crippen LogP contribution in [0, 0.1) is 17.1 Å². The summed E-state index contributed by atoms with van der Waals surface area (Å²) in [5.74, 6) is -1.19. The summed E-state index contributed by atoms with van der Waals surface area (Å²) >= 11 is 0. The number of rotatable bonds is 6. The highest BCUT2D eigenvalue weighted by Crippen LogP contribution is 2.16. The Hall–Kier alpha value is -2.96. The molecule has 0 fully saturated rings. The molecule has 1 atom stereocenters. The number of carbonyl (C=O) groups excluding carboxylic acids is 1. The zero-order valence-corrected chi connectivity index (χ0v) is 12.5. The smallest absolute Gasteiger partial charge is 0.230 e. The summed E-state index contributed by atoms with van der Waals surface area (Å²) in [6, 6.07) is 10.2. The molecule has 6 nitrogen and oxygen atoms in total. The number of nitrogen functional groups attached to an aromatic ring is 1. The molecule has 0 aliphatic rings. The second kappa shape index (κ2) is 7.35. The van der Waals surface area contributed by atoms with Gasteiger partial charge in [-0.25, -0.2) is 9.37 Å². The summed E-state index contributed by atoms with van der Waals surface area (Å²) in [7, 11) is 0. The number of benzene rings is 1. The number of aromatic nitrogens is 1. The van der Waals surface area contributed by atoms with Crippen LogP contribution in [0.5, 0.6) is 5.75 Å². The maximum Gasteiger partial charge on any atom is 0.230 e. The highest BCUT2D eigenvalue weighted by molar-refractivity contribution is 6.03. The first-order valence-corrected chi connectivity index (χ1v) is 6.96. The summed E-state index contributed by atoms with van der Waals surface area (Å²) in [6.07, 6.45) is 0.939. The van der Waals surface area contributed by atoms with Crippen molar-refractivity contribution in [2.45, 2.75) is 6.92 Å². The van der Waals surface area contributed by atoms with Crippen LogP contribution >= 0.6 is 0 Å².